The number of morpholine rings is 1. The Hall–Kier alpha value is -1.34. The number of nitrogens with zero attached hydrogens (tertiary/aromatic N) is 3. The lowest BCUT2D eigenvalue weighted by Gasteiger charge is -2.39. The van der Waals surface area contributed by atoms with Crippen LogP contribution in [0.2, 0.25) is 0 Å². The van der Waals surface area contributed by atoms with Crippen LogP contribution in [-0.2, 0) is 22.6 Å². The Morgan fingerprint density at radius 3 is 3.08 bits per heavy atom. The number of aromatic nitrogens is 2. The Morgan fingerprint density at radius 1 is 1.25 bits per heavy atom. The van der Waals surface area contributed by atoms with E-state index < -0.39 is 0 Å². The highest BCUT2D eigenvalue weighted by Crippen LogP contribution is 2.35. The second kappa shape index (κ2) is 7.70. The zero-order valence-electron chi connectivity index (χ0n) is 13.7. The van der Waals surface area contributed by atoms with Gasteiger partial charge in [-0.1, -0.05) is 6.07 Å². The van der Waals surface area contributed by atoms with Crippen molar-refractivity contribution in [2.24, 2.45) is 5.92 Å². The summed E-state index contributed by atoms with van der Waals surface area (Å²) in [7, 11) is 0. The highest BCUT2D eigenvalue weighted by molar-refractivity contribution is 7.09. The van der Waals surface area contributed by atoms with Crippen LogP contribution in [0.4, 0.5) is 0 Å². The van der Waals surface area contributed by atoms with Gasteiger partial charge in [0.15, 0.2) is 0 Å². The monoisotopic (exact) mass is 345 g/mol. The van der Waals surface area contributed by atoms with Crippen LogP contribution in [0.3, 0.4) is 0 Å². The zero-order chi connectivity index (χ0) is 16.2. The predicted octanol–water partition coefficient (Wildman–Crippen LogP) is 2.73. The van der Waals surface area contributed by atoms with Gasteiger partial charge < -0.3 is 9.47 Å². The number of hydrogen-bond donors (Lipinski definition) is 0. The summed E-state index contributed by atoms with van der Waals surface area (Å²) in [5.41, 5.74) is 1.14. The van der Waals surface area contributed by atoms with Crippen molar-refractivity contribution in [2.75, 3.05) is 19.8 Å². The Kier molecular flexibility index (Phi) is 5.18. The number of pyridine rings is 1. The van der Waals surface area contributed by atoms with Crippen molar-refractivity contribution in [2.45, 2.75) is 38.1 Å². The Balaban J connectivity index is 1.32. The number of fused-ring (bicyclic) bond motifs is 1. The van der Waals surface area contributed by atoms with E-state index in [1.807, 2.05) is 23.8 Å². The first-order valence-corrected chi connectivity index (χ1v) is 9.50. The SMILES string of the molecule is c1ccc(CN2CCO[C@@H]3[C@H](COCc4nccs4)CC[C@H]32)nc1. The second-order valence-corrected chi connectivity index (χ2v) is 7.45. The van der Waals surface area contributed by atoms with Gasteiger partial charge in [-0.15, -0.1) is 11.3 Å². The van der Waals surface area contributed by atoms with E-state index in [1.54, 1.807) is 11.3 Å². The number of thiazole rings is 1. The normalized spacial score (nSPS) is 27.2. The minimum Gasteiger partial charge on any atom is -0.375 e. The van der Waals surface area contributed by atoms with Gasteiger partial charge in [0.2, 0.25) is 0 Å². The molecule has 3 atom stereocenters. The molecule has 5 nitrogen and oxygen atoms in total. The lowest BCUT2D eigenvalue weighted by molar-refractivity contribution is -0.0894. The lowest BCUT2D eigenvalue weighted by atomic mass is 10.0. The van der Waals surface area contributed by atoms with Gasteiger partial charge in [-0.2, -0.15) is 0 Å². The van der Waals surface area contributed by atoms with E-state index in [-0.39, 0.29) is 0 Å². The molecule has 3 heterocycles. The summed E-state index contributed by atoms with van der Waals surface area (Å²) in [6.45, 7) is 4.08. The van der Waals surface area contributed by atoms with E-state index in [0.717, 1.165) is 37.0 Å². The summed E-state index contributed by atoms with van der Waals surface area (Å²) >= 11 is 1.65. The first-order valence-electron chi connectivity index (χ1n) is 8.62. The van der Waals surface area contributed by atoms with Crippen LogP contribution in [0.25, 0.3) is 0 Å². The molecule has 2 aromatic heterocycles. The van der Waals surface area contributed by atoms with Crippen molar-refractivity contribution in [1.29, 1.82) is 0 Å². The molecule has 2 aromatic rings. The highest BCUT2D eigenvalue weighted by atomic mass is 32.1. The van der Waals surface area contributed by atoms with E-state index in [4.69, 9.17) is 9.47 Å². The number of rotatable bonds is 6. The molecule has 128 valence electrons. The first kappa shape index (κ1) is 16.1. The molecule has 1 saturated carbocycles. The average Bonchev–Trinajstić information content (AvgIpc) is 3.27. The summed E-state index contributed by atoms with van der Waals surface area (Å²) in [4.78, 5) is 11.3. The molecule has 0 amide bonds. The fraction of sp³-hybridized carbons (Fsp3) is 0.556. The third-order valence-electron chi connectivity index (χ3n) is 4.97. The molecule has 24 heavy (non-hydrogen) atoms. The minimum absolute atomic E-state index is 0.291. The molecular weight excluding hydrogens is 322 g/mol. The topological polar surface area (TPSA) is 47.5 Å². The largest absolute Gasteiger partial charge is 0.375 e. The molecule has 0 spiro atoms. The predicted molar refractivity (Wildman–Crippen MR) is 92.7 cm³/mol. The molecule has 0 N–H and O–H groups in total. The van der Waals surface area contributed by atoms with Crippen molar-refractivity contribution in [3.8, 4) is 0 Å². The standard InChI is InChI=1S/C18H23N3O2S/c1-2-6-19-15(3-1)11-21-8-9-23-18-14(4-5-16(18)21)12-22-13-17-20-7-10-24-17/h1-3,6-7,10,14,16,18H,4-5,8-9,11-13H2/t14-,16+,18+/m0/s1. The first-order chi connectivity index (χ1) is 11.9. The summed E-state index contributed by atoms with van der Waals surface area (Å²) < 4.78 is 12.0. The average molecular weight is 345 g/mol. The van der Waals surface area contributed by atoms with Crippen LogP contribution in [0.15, 0.2) is 36.0 Å². The summed E-state index contributed by atoms with van der Waals surface area (Å²) in [6, 6.07) is 6.63. The van der Waals surface area contributed by atoms with Crippen molar-refractivity contribution >= 4 is 11.3 Å². The van der Waals surface area contributed by atoms with Gasteiger partial charge in [-0.25, -0.2) is 4.98 Å². The summed E-state index contributed by atoms with van der Waals surface area (Å²) in [6.07, 6.45) is 6.35. The molecule has 1 aliphatic heterocycles. The van der Waals surface area contributed by atoms with Gasteiger partial charge in [-0.05, 0) is 25.0 Å². The van der Waals surface area contributed by atoms with E-state index >= 15 is 0 Å². The molecule has 6 heteroatoms. The van der Waals surface area contributed by atoms with Gasteiger partial charge in [-0.3, -0.25) is 9.88 Å². The van der Waals surface area contributed by atoms with Gasteiger partial charge in [0.05, 0.1) is 31.6 Å². The smallest absolute Gasteiger partial charge is 0.118 e. The summed E-state index contributed by atoms with van der Waals surface area (Å²) in [5, 5.41) is 3.04. The number of hydrogen-bond acceptors (Lipinski definition) is 6. The second-order valence-electron chi connectivity index (χ2n) is 6.47. The van der Waals surface area contributed by atoms with Crippen molar-refractivity contribution < 1.29 is 9.47 Å². The number of ether oxygens (including phenoxy) is 2. The highest BCUT2D eigenvalue weighted by Gasteiger charge is 2.42. The Bertz CT molecular complexity index is 622. The van der Waals surface area contributed by atoms with Crippen LogP contribution >= 0.6 is 11.3 Å². The van der Waals surface area contributed by atoms with Crippen molar-refractivity contribution in [3.63, 3.8) is 0 Å². The lowest BCUT2D eigenvalue weighted by Crippen LogP contribution is -2.50. The van der Waals surface area contributed by atoms with Gasteiger partial charge in [0.1, 0.15) is 5.01 Å². The quantitative estimate of drug-likeness (QED) is 0.806. The molecule has 1 aliphatic carbocycles. The fourth-order valence-electron chi connectivity index (χ4n) is 3.83. The molecule has 0 radical (unpaired) electrons. The van der Waals surface area contributed by atoms with Crippen LogP contribution in [0.5, 0.6) is 0 Å². The maximum atomic E-state index is 6.12. The van der Waals surface area contributed by atoms with Gasteiger partial charge in [0.25, 0.3) is 0 Å². The van der Waals surface area contributed by atoms with Gasteiger partial charge in [0, 0.05) is 42.8 Å². The van der Waals surface area contributed by atoms with Crippen LogP contribution in [-0.4, -0.2) is 46.8 Å². The van der Waals surface area contributed by atoms with Gasteiger partial charge >= 0.3 is 0 Å². The molecule has 2 aliphatic rings. The third-order valence-corrected chi connectivity index (χ3v) is 5.72. The van der Waals surface area contributed by atoms with Crippen molar-refractivity contribution in [1.82, 2.24) is 14.9 Å². The maximum absolute atomic E-state index is 6.12. The Labute approximate surface area is 146 Å². The molecule has 0 aromatic carbocycles. The van der Waals surface area contributed by atoms with E-state index in [1.165, 1.54) is 12.8 Å². The summed E-state index contributed by atoms with van der Waals surface area (Å²) in [5.74, 6) is 0.487. The molecule has 4 rings (SSSR count). The molecule has 1 saturated heterocycles. The van der Waals surface area contributed by atoms with E-state index in [2.05, 4.69) is 27.0 Å². The molecule has 0 bridgehead atoms. The molecule has 0 unspecified atom stereocenters. The molecular formula is C18H23N3O2S. The molecule has 2 fully saturated rings. The van der Waals surface area contributed by atoms with E-state index in [9.17, 15) is 0 Å². The maximum Gasteiger partial charge on any atom is 0.118 e. The van der Waals surface area contributed by atoms with Crippen LogP contribution in [0.1, 0.15) is 23.5 Å². The fourth-order valence-corrected chi connectivity index (χ4v) is 4.38. The zero-order valence-corrected chi connectivity index (χ0v) is 14.5. The van der Waals surface area contributed by atoms with Crippen molar-refractivity contribution in [3.05, 3.63) is 46.7 Å². The van der Waals surface area contributed by atoms with Crippen LogP contribution in [0, 0.1) is 5.92 Å². The Morgan fingerprint density at radius 2 is 2.25 bits per heavy atom. The third kappa shape index (κ3) is 3.67. The minimum atomic E-state index is 0.291. The van der Waals surface area contributed by atoms with Crippen LogP contribution < -0.4 is 0 Å². The van der Waals surface area contributed by atoms with E-state index in [0.29, 0.717) is 24.7 Å².